The van der Waals surface area contributed by atoms with Crippen molar-refractivity contribution in [3.63, 3.8) is 0 Å². The van der Waals surface area contributed by atoms with E-state index >= 15 is 0 Å². The molecule has 1 heterocycles. The van der Waals surface area contributed by atoms with Crippen LogP contribution in [-0.4, -0.2) is 45.9 Å². The van der Waals surface area contributed by atoms with Gasteiger partial charge in [0.1, 0.15) is 0 Å². The Bertz CT molecular complexity index is 1010. The Kier molecular flexibility index (Phi) is 6.99. The second kappa shape index (κ2) is 9.49. The van der Waals surface area contributed by atoms with Crippen LogP contribution in [0.1, 0.15) is 41.6 Å². The van der Waals surface area contributed by atoms with Crippen molar-refractivity contribution in [2.45, 2.75) is 37.5 Å². The summed E-state index contributed by atoms with van der Waals surface area (Å²) in [4.78, 5) is 13.1. The molecular formula is C22H28N2O5S. The van der Waals surface area contributed by atoms with Gasteiger partial charge in [0, 0.05) is 30.4 Å². The maximum Gasteiger partial charge on any atom is 0.255 e. The first-order valence-corrected chi connectivity index (χ1v) is 11.4. The van der Waals surface area contributed by atoms with Gasteiger partial charge in [0.25, 0.3) is 5.91 Å². The van der Waals surface area contributed by atoms with Crippen LogP contribution in [0.15, 0.2) is 41.3 Å². The minimum absolute atomic E-state index is 0.146. The van der Waals surface area contributed by atoms with Crippen LogP contribution in [0, 0.1) is 6.92 Å². The zero-order chi connectivity index (χ0) is 21.7. The van der Waals surface area contributed by atoms with Crippen LogP contribution in [0.5, 0.6) is 11.5 Å². The molecule has 1 N–H and O–H groups in total. The number of carbonyl (C=O) groups excluding carboxylic acids is 1. The molecule has 3 rings (SSSR count). The first-order chi connectivity index (χ1) is 14.4. The van der Waals surface area contributed by atoms with Crippen molar-refractivity contribution in [3.05, 3.63) is 47.5 Å². The van der Waals surface area contributed by atoms with Gasteiger partial charge in [-0.2, -0.15) is 4.31 Å². The van der Waals surface area contributed by atoms with Crippen molar-refractivity contribution in [2.24, 2.45) is 0 Å². The highest BCUT2D eigenvalue weighted by Gasteiger charge is 2.26. The molecule has 0 radical (unpaired) electrons. The van der Waals surface area contributed by atoms with Gasteiger partial charge < -0.3 is 14.8 Å². The Morgan fingerprint density at radius 2 is 1.60 bits per heavy atom. The maximum atomic E-state index is 13.1. The molecule has 2 aromatic carbocycles. The summed E-state index contributed by atoms with van der Waals surface area (Å²) in [6.07, 6.45) is 3.80. The fraction of sp³-hybridized carbons (Fsp3) is 0.409. The quantitative estimate of drug-likeness (QED) is 0.750. The molecule has 8 heteroatoms. The molecule has 0 aliphatic carbocycles. The predicted molar refractivity (Wildman–Crippen MR) is 116 cm³/mol. The Labute approximate surface area is 178 Å². The van der Waals surface area contributed by atoms with E-state index in [4.69, 9.17) is 9.47 Å². The molecule has 1 aliphatic heterocycles. The van der Waals surface area contributed by atoms with Gasteiger partial charge in [-0.25, -0.2) is 8.42 Å². The molecule has 0 unspecified atom stereocenters. The van der Waals surface area contributed by atoms with E-state index in [9.17, 15) is 13.2 Å². The highest BCUT2D eigenvalue weighted by Crippen LogP contribution is 2.30. The molecule has 2 aromatic rings. The first kappa shape index (κ1) is 22.1. The van der Waals surface area contributed by atoms with Crippen LogP contribution in [0.3, 0.4) is 0 Å². The third-order valence-corrected chi connectivity index (χ3v) is 7.19. The molecule has 0 atom stereocenters. The van der Waals surface area contributed by atoms with E-state index in [1.807, 2.05) is 0 Å². The molecule has 1 aliphatic rings. The molecule has 1 saturated heterocycles. The summed E-state index contributed by atoms with van der Waals surface area (Å²) in [5.74, 6) is 0.661. The zero-order valence-corrected chi connectivity index (χ0v) is 18.4. The van der Waals surface area contributed by atoms with Gasteiger partial charge in [-0.05, 0) is 49.6 Å². The van der Waals surface area contributed by atoms with Crippen molar-refractivity contribution in [3.8, 4) is 11.5 Å². The lowest BCUT2D eigenvalue weighted by atomic mass is 10.1. The van der Waals surface area contributed by atoms with Gasteiger partial charge in [0.05, 0.1) is 19.1 Å². The molecule has 7 nitrogen and oxygen atoms in total. The number of benzene rings is 2. The zero-order valence-electron chi connectivity index (χ0n) is 17.6. The molecule has 162 valence electrons. The van der Waals surface area contributed by atoms with Crippen LogP contribution in [0.2, 0.25) is 0 Å². The average Bonchev–Trinajstić information content (AvgIpc) is 3.04. The lowest BCUT2D eigenvalue weighted by molar-refractivity contribution is 0.102. The number of rotatable bonds is 6. The summed E-state index contributed by atoms with van der Waals surface area (Å²) in [5, 5.41) is 2.81. The minimum Gasteiger partial charge on any atom is -0.493 e. The number of nitrogens with zero attached hydrogens (tertiary/aromatic N) is 1. The summed E-state index contributed by atoms with van der Waals surface area (Å²) in [7, 11) is -0.578. The monoisotopic (exact) mass is 432 g/mol. The van der Waals surface area contributed by atoms with Crippen molar-refractivity contribution >= 4 is 21.6 Å². The normalized spacial score (nSPS) is 15.3. The van der Waals surface area contributed by atoms with Gasteiger partial charge in [-0.1, -0.05) is 18.9 Å². The Morgan fingerprint density at radius 3 is 2.23 bits per heavy atom. The maximum absolute atomic E-state index is 13.1. The number of nitrogens with one attached hydrogen (secondary N) is 1. The minimum atomic E-state index is -3.63. The predicted octanol–water partition coefficient (Wildman–Crippen LogP) is 3.83. The molecule has 1 fully saturated rings. The Morgan fingerprint density at radius 1 is 0.933 bits per heavy atom. The van der Waals surface area contributed by atoms with Crippen molar-refractivity contribution in [2.75, 3.05) is 32.6 Å². The number of sulfonamides is 1. The first-order valence-electron chi connectivity index (χ1n) is 10.0. The largest absolute Gasteiger partial charge is 0.493 e. The molecule has 1 amide bonds. The number of hydrogen-bond donors (Lipinski definition) is 1. The van der Waals surface area contributed by atoms with E-state index in [1.165, 1.54) is 24.6 Å². The van der Waals surface area contributed by atoms with E-state index in [1.54, 1.807) is 37.3 Å². The van der Waals surface area contributed by atoms with Crippen LogP contribution in [0.25, 0.3) is 0 Å². The number of aryl methyl sites for hydroxylation is 1. The van der Waals surface area contributed by atoms with Crippen molar-refractivity contribution < 1.29 is 22.7 Å². The second-order valence-electron chi connectivity index (χ2n) is 7.32. The number of ether oxygens (including phenoxy) is 2. The van der Waals surface area contributed by atoms with Gasteiger partial charge >= 0.3 is 0 Å². The van der Waals surface area contributed by atoms with Gasteiger partial charge in [-0.15, -0.1) is 0 Å². The van der Waals surface area contributed by atoms with E-state index in [0.717, 1.165) is 25.7 Å². The second-order valence-corrected chi connectivity index (χ2v) is 9.26. The highest BCUT2D eigenvalue weighted by molar-refractivity contribution is 7.89. The fourth-order valence-electron chi connectivity index (χ4n) is 3.55. The number of carbonyl (C=O) groups is 1. The summed E-state index contributed by atoms with van der Waals surface area (Å²) in [6, 6.07) is 9.76. The molecule has 0 saturated carbocycles. The number of anilines is 1. The lowest BCUT2D eigenvalue weighted by Crippen LogP contribution is -2.32. The summed E-state index contributed by atoms with van der Waals surface area (Å²) >= 11 is 0. The van der Waals surface area contributed by atoms with E-state index < -0.39 is 10.0 Å². The van der Waals surface area contributed by atoms with Crippen LogP contribution < -0.4 is 14.8 Å². The summed E-state index contributed by atoms with van der Waals surface area (Å²) in [5.41, 5.74) is 1.54. The van der Waals surface area contributed by atoms with Crippen LogP contribution in [0.4, 0.5) is 5.69 Å². The van der Waals surface area contributed by atoms with Gasteiger partial charge in [0.2, 0.25) is 10.0 Å². The Hall–Kier alpha value is -2.58. The molecule has 0 aromatic heterocycles. The van der Waals surface area contributed by atoms with Crippen LogP contribution in [-0.2, 0) is 10.0 Å². The highest BCUT2D eigenvalue weighted by atomic mass is 32.2. The number of amides is 1. The third kappa shape index (κ3) is 4.76. The summed E-state index contributed by atoms with van der Waals surface area (Å²) in [6.45, 7) is 2.82. The average molecular weight is 433 g/mol. The molecule has 0 bridgehead atoms. The smallest absolute Gasteiger partial charge is 0.255 e. The summed E-state index contributed by atoms with van der Waals surface area (Å²) < 4.78 is 38.2. The fourth-order valence-corrected chi connectivity index (χ4v) is 5.09. The molecule has 0 spiro atoms. The van der Waals surface area contributed by atoms with Gasteiger partial charge in [-0.3, -0.25) is 4.79 Å². The standard InChI is InChI=1S/C22H28N2O5S/c1-16-8-10-18(30(26,27)24-12-6-4-5-7-13-24)15-19(16)22(25)23-17-9-11-20(28-2)21(14-17)29-3/h8-11,14-15H,4-7,12-13H2,1-3H3,(H,23,25). The third-order valence-electron chi connectivity index (χ3n) is 5.30. The van der Waals surface area contributed by atoms with Gasteiger partial charge in [0.15, 0.2) is 11.5 Å². The Balaban J connectivity index is 1.87. The van der Waals surface area contributed by atoms with E-state index in [0.29, 0.717) is 41.4 Å². The SMILES string of the molecule is COc1ccc(NC(=O)c2cc(S(=O)(=O)N3CCCCCC3)ccc2C)cc1OC. The number of hydrogen-bond acceptors (Lipinski definition) is 5. The van der Waals surface area contributed by atoms with Crippen molar-refractivity contribution in [1.82, 2.24) is 4.31 Å². The van der Waals surface area contributed by atoms with E-state index in [2.05, 4.69) is 5.32 Å². The van der Waals surface area contributed by atoms with Crippen LogP contribution >= 0.6 is 0 Å². The van der Waals surface area contributed by atoms with E-state index in [-0.39, 0.29) is 10.8 Å². The lowest BCUT2D eigenvalue weighted by Gasteiger charge is -2.20. The topological polar surface area (TPSA) is 84.9 Å². The molecular weight excluding hydrogens is 404 g/mol. The molecule has 30 heavy (non-hydrogen) atoms. The number of methoxy groups -OCH3 is 2. The van der Waals surface area contributed by atoms with Crippen molar-refractivity contribution in [1.29, 1.82) is 0 Å².